The van der Waals surface area contributed by atoms with E-state index in [4.69, 9.17) is 17.0 Å². The van der Waals surface area contributed by atoms with Crippen LogP contribution in [-0.2, 0) is 9.47 Å². The molecule has 2 saturated heterocycles. The predicted octanol–water partition coefficient (Wildman–Crippen LogP) is 2.18. The number of benzene rings is 1. The molecule has 0 radical (unpaired) electrons. The van der Waals surface area contributed by atoms with Gasteiger partial charge >= 0.3 is 12.2 Å². The molecule has 0 saturated carbocycles. The van der Waals surface area contributed by atoms with Crippen LogP contribution in [-0.4, -0.2) is 49.5 Å². The van der Waals surface area contributed by atoms with Gasteiger partial charge < -0.3 is 14.8 Å². The minimum atomic E-state index is -0.960. The van der Waals surface area contributed by atoms with Crippen molar-refractivity contribution in [2.24, 2.45) is 0 Å². The van der Waals surface area contributed by atoms with E-state index in [1.165, 1.54) is 0 Å². The average Bonchev–Trinajstić information content (AvgIpc) is 3.11. The molecule has 2 aliphatic heterocycles. The molecular formula is C15H15F2N3O4S. The molecule has 0 unspecified atom stereocenters. The average molecular weight is 371 g/mol. The van der Waals surface area contributed by atoms with Gasteiger partial charge in [-0.2, -0.15) is 0 Å². The Balaban J connectivity index is 1.80. The summed E-state index contributed by atoms with van der Waals surface area (Å²) in [6.45, 7) is 2.24. The van der Waals surface area contributed by atoms with Gasteiger partial charge in [0.2, 0.25) is 0 Å². The highest BCUT2D eigenvalue weighted by Gasteiger charge is 2.35. The molecule has 1 aromatic carbocycles. The van der Waals surface area contributed by atoms with Crippen molar-refractivity contribution >= 4 is 40.8 Å². The van der Waals surface area contributed by atoms with Gasteiger partial charge in [-0.1, -0.05) is 12.2 Å². The number of hydrogen-bond acceptors (Lipinski definition) is 5. The number of nitrogens with one attached hydrogen (secondary N) is 1. The van der Waals surface area contributed by atoms with Crippen LogP contribution in [0.5, 0.6) is 0 Å². The number of carbonyl (C=O) groups is 2. The fraction of sp³-hybridized carbons (Fsp3) is 0.400. The Labute approximate surface area is 147 Å². The van der Waals surface area contributed by atoms with Crippen molar-refractivity contribution in [1.29, 1.82) is 0 Å². The molecule has 0 aromatic heterocycles. The quantitative estimate of drug-likeness (QED) is 0.818. The number of nitrogens with zero attached hydrogens (tertiary/aromatic N) is 2. The summed E-state index contributed by atoms with van der Waals surface area (Å²) in [6, 6.07) is 1.98. The standard InChI is InChI=1S/C15H15F2N3O4S/c1-8(25)18-6-10-7-20(15(22)24-10)9-4-11(16)13(12(17)5-9)19-2-3-23-14(19)21/h4-5,10H,2-3,6-7H2,1H3,(H,18,25)/t10-/m0/s1. The number of cyclic esters (lactones) is 2. The van der Waals surface area contributed by atoms with Crippen LogP contribution < -0.4 is 15.1 Å². The lowest BCUT2D eigenvalue weighted by molar-refractivity contribution is 0.143. The second-order valence-corrected chi connectivity index (χ2v) is 6.19. The van der Waals surface area contributed by atoms with E-state index in [9.17, 15) is 18.4 Å². The molecule has 1 atom stereocenters. The maximum atomic E-state index is 14.4. The zero-order valence-electron chi connectivity index (χ0n) is 13.3. The second-order valence-electron chi connectivity index (χ2n) is 5.58. The first-order chi connectivity index (χ1) is 11.9. The molecule has 7 nitrogen and oxygen atoms in total. The molecule has 0 bridgehead atoms. The molecule has 134 valence electrons. The topological polar surface area (TPSA) is 71.1 Å². The number of hydrogen-bond donors (Lipinski definition) is 1. The number of thiocarbonyl (C=S) groups is 1. The Morgan fingerprint density at radius 3 is 2.52 bits per heavy atom. The third-order valence-electron chi connectivity index (χ3n) is 3.80. The summed E-state index contributed by atoms with van der Waals surface area (Å²) in [5.41, 5.74) is -0.480. The molecule has 2 amide bonds. The SMILES string of the molecule is CC(=S)NC[C@H]1CN(c2cc(F)c(N3CCOC3=O)c(F)c2)C(=O)O1. The Morgan fingerprint density at radius 2 is 1.96 bits per heavy atom. The minimum absolute atomic E-state index is 0.0119. The molecule has 0 aliphatic carbocycles. The van der Waals surface area contributed by atoms with E-state index in [1.807, 2.05) is 0 Å². The van der Waals surface area contributed by atoms with Crippen LogP contribution in [0.2, 0.25) is 0 Å². The smallest absolute Gasteiger partial charge is 0.414 e. The van der Waals surface area contributed by atoms with E-state index in [1.54, 1.807) is 6.92 Å². The maximum absolute atomic E-state index is 14.4. The first-order valence-corrected chi connectivity index (χ1v) is 7.93. The number of amides is 2. The summed E-state index contributed by atoms with van der Waals surface area (Å²) >= 11 is 4.89. The van der Waals surface area contributed by atoms with E-state index in [0.29, 0.717) is 11.5 Å². The number of halogens is 2. The Morgan fingerprint density at radius 1 is 1.28 bits per heavy atom. The molecule has 10 heteroatoms. The van der Waals surface area contributed by atoms with Crippen molar-refractivity contribution in [1.82, 2.24) is 5.32 Å². The molecule has 2 heterocycles. The van der Waals surface area contributed by atoms with Crippen LogP contribution in [0.3, 0.4) is 0 Å². The highest BCUT2D eigenvalue weighted by atomic mass is 32.1. The van der Waals surface area contributed by atoms with Gasteiger partial charge in [0.15, 0.2) is 11.6 Å². The summed E-state index contributed by atoms with van der Waals surface area (Å²) in [5.74, 6) is -1.92. The molecule has 2 aliphatic rings. The Hall–Kier alpha value is -2.49. The normalized spacial score (nSPS) is 19.9. The molecular weight excluding hydrogens is 356 g/mol. The minimum Gasteiger partial charge on any atom is -0.447 e. The molecule has 1 N–H and O–H groups in total. The largest absolute Gasteiger partial charge is 0.447 e. The van der Waals surface area contributed by atoms with Gasteiger partial charge in [0, 0.05) is 12.1 Å². The van der Waals surface area contributed by atoms with E-state index in [-0.39, 0.29) is 25.4 Å². The summed E-state index contributed by atoms with van der Waals surface area (Å²) < 4.78 is 38.6. The highest BCUT2D eigenvalue weighted by Crippen LogP contribution is 2.32. The maximum Gasteiger partial charge on any atom is 0.414 e. The first kappa shape index (κ1) is 17.3. The lowest BCUT2D eigenvalue weighted by atomic mass is 10.2. The summed E-state index contributed by atoms with van der Waals surface area (Å²) in [7, 11) is 0. The van der Waals surface area contributed by atoms with E-state index >= 15 is 0 Å². The van der Waals surface area contributed by atoms with Gasteiger partial charge in [-0.25, -0.2) is 18.4 Å². The second kappa shape index (κ2) is 6.79. The summed E-state index contributed by atoms with van der Waals surface area (Å²) in [4.78, 5) is 26.0. The van der Waals surface area contributed by atoms with Crippen LogP contribution in [0.15, 0.2) is 12.1 Å². The molecule has 1 aromatic rings. The molecule has 0 spiro atoms. The van der Waals surface area contributed by atoms with Crippen molar-refractivity contribution in [2.75, 3.05) is 36.0 Å². The van der Waals surface area contributed by atoms with Crippen molar-refractivity contribution in [3.8, 4) is 0 Å². The molecule has 2 fully saturated rings. The van der Waals surface area contributed by atoms with Crippen molar-refractivity contribution in [3.63, 3.8) is 0 Å². The first-order valence-electron chi connectivity index (χ1n) is 7.52. The van der Waals surface area contributed by atoms with E-state index in [2.05, 4.69) is 10.1 Å². The zero-order chi connectivity index (χ0) is 18.1. The lowest BCUT2D eigenvalue weighted by Gasteiger charge is -2.18. The molecule has 25 heavy (non-hydrogen) atoms. The Kier molecular flexibility index (Phi) is 4.71. The molecule has 3 rings (SSSR count). The van der Waals surface area contributed by atoms with Crippen LogP contribution in [0.4, 0.5) is 29.7 Å². The highest BCUT2D eigenvalue weighted by molar-refractivity contribution is 7.80. The van der Waals surface area contributed by atoms with Gasteiger partial charge in [0.25, 0.3) is 0 Å². The van der Waals surface area contributed by atoms with Crippen LogP contribution in [0.1, 0.15) is 6.92 Å². The number of ether oxygens (including phenoxy) is 2. The number of rotatable bonds is 4. The number of carbonyl (C=O) groups excluding carboxylic acids is 2. The van der Waals surface area contributed by atoms with Crippen LogP contribution in [0.25, 0.3) is 0 Å². The van der Waals surface area contributed by atoms with Crippen molar-refractivity contribution in [3.05, 3.63) is 23.8 Å². The van der Waals surface area contributed by atoms with E-state index < -0.39 is 35.6 Å². The zero-order valence-corrected chi connectivity index (χ0v) is 14.1. The lowest BCUT2D eigenvalue weighted by Crippen LogP contribution is -2.32. The van der Waals surface area contributed by atoms with Crippen LogP contribution in [0, 0.1) is 11.6 Å². The van der Waals surface area contributed by atoms with Gasteiger partial charge in [0.1, 0.15) is 18.4 Å². The van der Waals surface area contributed by atoms with Crippen LogP contribution >= 0.6 is 12.2 Å². The summed E-state index contributed by atoms with van der Waals surface area (Å²) in [5, 5.41) is 2.88. The van der Waals surface area contributed by atoms with Crippen molar-refractivity contribution in [2.45, 2.75) is 13.0 Å². The van der Waals surface area contributed by atoms with Gasteiger partial charge in [-0.05, 0) is 6.92 Å². The van der Waals surface area contributed by atoms with Gasteiger partial charge in [-0.3, -0.25) is 9.80 Å². The summed E-state index contributed by atoms with van der Waals surface area (Å²) in [6.07, 6.45) is -2.02. The predicted molar refractivity (Wildman–Crippen MR) is 88.9 cm³/mol. The number of anilines is 2. The monoisotopic (exact) mass is 371 g/mol. The third-order valence-corrected chi connectivity index (χ3v) is 3.94. The van der Waals surface area contributed by atoms with Gasteiger partial charge in [0.05, 0.1) is 30.3 Å². The van der Waals surface area contributed by atoms with Gasteiger partial charge in [-0.15, -0.1) is 0 Å². The fourth-order valence-corrected chi connectivity index (χ4v) is 2.74. The fourth-order valence-electron chi connectivity index (χ4n) is 2.66. The third kappa shape index (κ3) is 3.48. The van der Waals surface area contributed by atoms with Crippen molar-refractivity contribution < 1.29 is 27.8 Å². The van der Waals surface area contributed by atoms with E-state index in [0.717, 1.165) is 21.9 Å². The Bertz CT molecular complexity index is 722.